The van der Waals surface area contributed by atoms with Gasteiger partial charge in [0, 0.05) is 0 Å². The third kappa shape index (κ3) is 3.62. The number of fused-ring (bicyclic) bond motifs is 3. The van der Waals surface area contributed by atoms with Crippen LogP contribution >= 0.6 is 0 Å². The summed E-state index contributed by atoms with van der Waals surface area (Å²) in [6, 6.07) is 18.2. The van der Waals surface area contributed by atoms with E-state index in [9.17, 15) is 0 Å². The predicted molar refractivity (Wildman–Crippen MR) is 96.5 cm³/mol. The Kier molecular flexibility index (Phi) is 7.71. The fraction of sp³-hybridized carbons (Fsp3) is 0.227. The van der Waals surface area contributed by atoms with Crippen LogP contribution in [0.3, 0.4) is 0 Å². The first kappa shape index (κ1) is 22.5. The summed E-state index contributed by atoms with van der Waals surface area (Å²) in [7, 11) is 0. The number of hydrogen-bond acceptors (Lipinski definition) is 0. The summed E-state index contributed by atoms with van der Waals surface area (Å²) in [6.07, 6.45) is 6.09. The minimum absolute atomic E-state index is 0. The number of halogens is 3. The van der Waals surface area contributed by atoms with E-state index < -0.39 is 21.3 Å². The molecule has 0 unspecified atom stereocenters. The van der Waals surface area contributed by atoms with Crippen LogP contribution in [0.15, 0.2) is 69.5 Å². The first-order chi connectivity index (χ1) is 11.2. The Morgan fingerprint density at radius 2 is 1.35 bits per heavy atom. The van der Waals surface area contributed by atoms with E-state index in [1.165, 1.54) is 23.1 Å². The Labute approximate surface area is 160 Å². The van der Waals surface area contributed by atoms with Crippen molar-refractivity contribution in [2.45, 2.75) is 30.8 Å². The zero-order chi connectivity index (χ0) is 16.0. The maximum atomic E-state index is 2.49. The molecular formula is C22H22F3Zr. The molecule has 135 valence electrons. The van der Waals surface area contributed by atoms with Crippen LogP contribution in [0, 0.1) is 0 Å². The molecule has 26 heavy (non-hydrogen) atoms. The van der Waals surface area contributed by atoms with Gasteiger partial charge in [0.15, 0.2) is 0 Å². The van der Waals surface area contributed by atoms with Crippen molar-refractivity contribution in [3.63, 3.8) is 0 Å². The summed E-state index contributed by atoms with van der Waals surface area (Å²) in [4.78, 5) is 0. The van der Waals surface area contributed by atoms with Gasteiger partial charge in [0.1, 0.15) is 0 Å². The zero-order valence-electron chi connectivity index (χ0n) is 15.2. The minimum Gasteiger partial charge on any atom is -1.00 e. The third-order valence-corrected chi connectivity index (χ3v) is 13.2. The van der Waals surface area contributed by atoms with Crippen LogP contribution in [0.2, 0.25) is 0 Å². The van der Waals surface area contributed by atoms with Crippen molar-refractivity contribution in [3.8, 4) is 11.1 Å². The fourth-order valence-electron chi connectivity index (χ4n) is 4.11. The summed E-state index contributed by atoms with van der Waals surface area (Å²) >= 11 is -1.90. The van der Waals surface area contributed by atoms with Crippen LogP contribution in [-0.4, -0.2) is 3.21 Å². The Morgan fingerprint density at radius 3 is 1.77 bits per heavy atom. The van der Waals surface area contributed by atoms with Crippen molar-refractivity contribution in [3.05, 3.63) is 80.7 Å². The van der Waals surface area contributed by atoms with Gasteiger partial charge in [-0.25, -0.2) is 0 Å². The second kappa shape index (κ2) is 8.90. The molecule has 0 saturated carbocycles. The molecule has 0 saturated heterocycles. The van der Waals surface area contributed by atoms with Crippen LogP contribution in [0.5, 0.6) is 0 Å². The van der Waals surface area contributed by atoms with Crippen molar-refractivity contribution >= 4 is 3.21 Å². The van der Waals surface area contributed by atoms with Gasteiger partial charge in [-0.15, -0.1) is 0 Å². The van der Waals surface area contributed by atoms with Gasteiger partial charge in [-0.1, -0.05) is 0 Å². The Morgan fingerprint density at radius 1 is 0.846 bits per heavy atom. The molecule has 0 spiro atoms. The van der Waals surface area contributed by atoms with E-state index in [1.807, 2.05) is 0 Å². The molecule has 2 aliphatic carbocycles. The largest absolute Gasteiger partial charge is 1.00 e. The number of allylic oxidation sites excluding steroid dienone is 4. The summed E-state index contributed by atoms with van der Waals surface area (Å²) in [6.45, 7) is 7.01. The molecule has 2 aromatic carbocycles. The van der Waals surface area contributed by atoms with E-state index in [0.29, 0.717) is 3.63 Å². The first-order valence-electron chi connectivity index (χ1n) is 8.40. The normalized spacial score (nSPS) is 13.6. The van der Waals surface area contributed by atoms with E-state index in [0.717, 1.165) is 0 Å². The van der Waals surface area contributed by atoms with Crippen LogP contribution in [0.4, 0.5) is 0 Å². The van der Waals surface area contributed by atoms with Crippen molar-refractivity contribution in [1.29, 1.82) is 0 Å². The standard InChI is InChI=1S/C13H9.C6H7.C3H6.3FH.Zr/c1-3-7-12-10(5-1)9-11-6-2-4-8-13(11)12;1-6-4-2-3-5-6;1-3-2;;;;/h1-9H;4-5H,2H2,1H3;1-2H3;3*1H;/q;;;;;;+3/p-3. The Bertz CT molecular complexity index is 844. The predicted octanol–water partition coefficient (Wildman–Crippen LogP) is -3.17. The number of hydrogen-bond donors (Lipinski definition) is 0. The molecule has 2 aliphatic rings. The van der Waals surface area contributed by atoms with E-state index in [4.69, 9.17) is 0 Å². The van der Waals surface area contributed by atoms with E-state index >= 15 is 0 Å². The summed E-state index contributed by atoms with van der Waals surface area (Å²) in [5, 5.41) is 0. The van der Waals surface area contributed by atoms with E-state index in [-0.39, 0.29) is 14.1 Å². The Hall–Kier alpha value is -1.54. The van der Waals surface area contributed by atoms with Gasteiger partial charge >= 0.3 is 147 Å². The van der Waals surface area contributed by atoms with Gasteiger partial charge in [0.05, 0.1) is 0 Å². The average Bonchev–Trinajstić information content (AvgIpc) is 3.11. The zero-order valence-corrected chi connectivity index (χ0v) is 17.6. The van der Waals surface area contributed by atoms with Crippen LogP contribution in [-0.2, 0) is 21.3 Å². The van der Waals surface area contributed by atoms with E-state index in [1.54, 1.807) is 17.6 Å². The van der Waals surface area contributed by atoms with E-state index in [2.05, 4.69) is 81.5 Å². The molecule has 0 aromatic heterocycles. The quantitative estimate of drug-likeness (QED) is 0.468. The summed E-state index contributed by atoms with van der Waals surface area (Å²) in [5.41, 5.74) is 7.55. The molecule has 0 radical (unpaired) electrons. The molecule has 4 heteroatoms. The van der Waals surface area contributed by atoms with Crippen LogP contribution in [0.25, 0.3) is 11.1 Å². The number of benzene rings is 2. The first-order valence-corrected chi connectivity index (χ1v) is 12.3. The van der Waals surface area contributed by atoms with Crippen molar-refractivity contribution < 1.29 is 35.4 Å². The second-order valence-electron chi connectivity index (χ2n) is 6.84. The fourth-order valence-corrected chi connectivity index (χ4v) is 12.5. The second-order valence-corrected chi connectivity index (χ2v) is 14.3. The molecule has 0 amide bonds. The van der Waals surface area contributed by atoms with Gasteiger partial charge in [-0.3, -0.25) is 0 Å². The topological polar surface area (TPSA) is 0 Å². The molecule has 0 atom stereocenters. The molecule has 0 fully saturated rings. The van der Waals surface area contributed by atoms with Gasteiger partial charge < -0.3 is 14.1 Å². The molecule has 0 nitrogen and oxygen atoms in total. The van der Waals surface area contributed by atoms with Crippen molar-refractivity contribution in [2.75, 3.05) is 0 Å². The van der Waals surface area contributed by atoms with Crippen LogP contribution in [0.1, 0.15) is 41.9 Å². The van der Waals surface area contributed by atoms with Crippen LogP contribution < -0.4 is 14.1 Å². The van der Waals surface area contributed by atoms with Crippen molar-refractivity contribution in [2.24, 2.45) is 0 Å². The summed E-state index contributed by atoms with van der Waals surface area (Å²) in [5.74, 6) is 0. The molecule has 0 N–H and O–H groups in total. The van der Waals surface area contributed by atoms with Crippen molar-refractivity contribution in [1.82, 2.24) is 0 Å². The molecule has 4 rings (SSSR count). The Balaban J connectivity index is 0.00000113. The minimum atomic E-state index is -1.90. The maximum Gasteiger partial charge on any atom is -1.00 e. The molecule has 0 aliphatic heterocycles. The van der Waals surface area contributed by atoms with Gasteiger partial charge in [-0.05, 0) is 0 Å². The third-order valence-electron chi connectivity index (χ3n) is 5.05. The number of rotatable bonds is 2. The van der Waals surface area contributed by atoms with Gasteiger partial charge in [-0.2, -0.15) is 0 Å². The average molecular weight is 435 g/mol. The van der Waals surface area contributed by atoms with Gasteiger partial charge in [0.2, 0.25) is 0 Å². The molecular weight excluding hydrogens is 412 g/mol. The molecule has 2 aromatic rings. The monoisotopic (exact) mass is 433 g/mol. The SMILES string of the molecule is CC1=CC[C]([Zr+3](=[C](C)C)[CH]2c3ccccc3-c3ccccc32)=C1.[F-].[F-].[F-]. The summed E-state index contributed by atoms with van der Waals surface area (Å²) < 4.78 is 4.13. The molecule has 0 bridgehead atoms. The molecule has 0 heterocycles. The smallest absolute Gasteiger partial charge is 1.00 e. The van der Waals surface area contributed by atoms with Gasteiger partial charge in [0.25, 0.3) is 0 Å². The maximum absolute atomic E-state index is 2.49.